The highest BCUT2D eigenvalue weighted by molar-refractivity contribution is 5.89. The maximum absolute atomic E-state index is 14.5. The molecule has 1 N–H and O–H groups in total. The quantitative estimate of drug-likeness (QED) is 0.282. The molecule has 2 aliphatic carbocycles. The van der Waals surface area contributed by atoms with Crippen LogP contribution in [0.15, 0.2) is 70.4 Å². The number of fused-ring (bicyclic) bond motifs is 1. The van der Waals surface area contributed by atoms with Gasteiger partial charge in [0.25, 0.3) is 5.56 Å². The van der Waals surface area contributed by atoms with Crippen LogP contribution in [0.3, 0.4) is 0 Å². The Hall–Kier alpha value is -4.15. The molecule has 0 spiro atoms. The molecule has 2 heterocycles. The molecule has 2 saturated carbocycles. The van der Waals surface area contributed by atoms with Crippen LogP contribution in [0.4, 0.5) is 4.39 Å². The summed E-state index contributed by atoms with van der Waals surface area (Å²) in [6, 6.07) is 16.7. The zero-order chi connectivity index (χ0) is 33.7. The summed E-state index contributed by atoms with van der Waals surface area (Å²) in [5.41, 5.74) is 2.33. The number of amides is 1. The zero-order valence-electron chi connectivity index (χ0n) is 28.2. The van der Waals surface area contributed by atoms with Gasteiger partial charge < -0.3 is 5.32 Å². The topological polar surface area (TPSA) is 92.5 Å². The van der Waals surface area contributed by atoms with Gasteiger partial charge in [-0.3, -0.25) is 24.0 Å². The number of nitrogens with zero attached hydrogens (tertiary/aromatic N) is 5. The van der Waals surface area contributed by atoms with Gasteiger partial charge in [-0.1, -0.05) is 36.4 Å². The average Bonchev–Trinajstić information content (AvgIpc) is 3.85. The first-order chi connectivity index (χ1) is 22.3. The molecule has 0 unspecified atom stereocenters. The molecule has 4 aromatic rings. The highest BCUT2D eigenvalue weighted by atomic mass is 19.1. The minimum Gasteiger partial charge on any atom is -0.352 e. The maximum atomic E-state index is 14.5. The van der Waals surface area contributed by atoms with E-state index in [1.165, 1.54) is 14.7 Å². The van der Waals surface area contributed by atoms with E-state index in [9.17, 15) is 18.8 Å². The second-order valence-corrected chi connectivity index (χ2v) is 14.5. The fraction of sp³-hybridized carbons (Fsp3) is 0.459. The fourth-order valence-electron chi connectivity index (χ4n) is 6.67. The van der Waals surface area contributed by atoms with E-state index in [4.69, 9.17) is 0 Å². The lowest BCUT2D eigenvalue weighted by atomic mass is 9.90. The van der Waals surface area contributed by atoms with E-state index in [1.54, 1.807) is 0 Å². The van der Waals surface area contributed by atoms with Crippen LogP contribution in [0.25, 0.3) is 27.8 Å². The Morgan fingerprint density at radius 3 is 2.28 bits per heavy atom. The van der Waals surface area contributed by atoms with Gasteiger partial charge in [0.2, 0.25) is 5.91 Å². The lowest BCUT2D eigenvalue weighted by Gasteiger charge is -2.32. The highest BCUT2D eigenvalue weighted by Gasteiger charge is 2.52. The van der Waals surface area contributed by atoms with Crippen molar-refractivity contribution in [1.82, 2.24) is 29.2 Å². The average molecular weight is 641 g/mol. The van der Waals surface area contributed by atoms with Crippen molar-refractivity contribution in [1.29, 1.82) is 0 Å². The van der Waals surface area contributed by atoms with Crippen LogP contribution in [0.5, 0.6) is 0 Å². The predicted molar refractivity (Wildman–Crippen MR) is 183 cm³/mol. The molecule has 0 aliphatic heterocycles. The van der Waals surface area contributed by atoms with Gasteiger partial charge in [0.1, 0.15) is 5.82 Å². The van der Waals surface area contributed by atoms with Gasteiger partial charge in [-0.25, -0.2) is 18.7 Å². The van der Waals surface area contributed by atoms with Crippen molar-refractivity contribution in [3.63, 3.8) is 0 Å². The van der Waals surface area contributed by atoms with Gasteiger partial charge in [-0.15, -0.1) is 0 Å². The second-order valence-electron chi connectivity index (χ2n) is 14.5. The van der Waals surface area contributed by atoms with Crippen molar-refractivity contribution in [2.24, 2.45) is 0 Å². The highest BCUT2D eigenvalue weighted by Crippen LogP contribution is 2.41. The molecule has 0 radical (unpaired) electrons. The van der Waals surface area contributed by atoms with E-state index >= 15 is 0 Å². The van der Waals surface area contributed by atoms with Crippen molar-refractivity contribution in [3.05, 3.63) is 93.0 Å². The van der Waals surface area contributed by atoms with Gasteiger partial charge in [0.05, 0.1) is 22.8 Å². The molecule has 47 heavy (non-hydrogen) atoms. The predicted octanol–water partition coefficient (Wildman–Crippen LogP) is 5.28. The third kappa shape index (κ3) is 6.41. The normalized spacial score (nSPS) is 19.3. The molecule has 0 bridgehead atoms. The third-order valence-electron chi connectivity index (χ3n) is 10.2. The largest absolute Gasteiger partial charge is 0.352 e. The Morgan fingerprint density at radius 1 is 0.979 bits per heavy atom. The summed E-state index contributed by atoms with van der Waals surface area (Å²) in [4.78, 5) is 49.5. The van der Waals surface area contributed by atoms with E-state index in [0.717, 1.165) is 42.8 Å². The summed E-state index contributed by atoms with van der Waals surface area (Å²) in [6.07, 6.45) is 5.09. The molecule has 2 fully saturated rings. The Morgan fingerprint density at radius 2 is 1.66 bits per heavy atom. The smallest absolute Gasteiger partial charge is 0.337 e. The summed E-state index contributed by atoms with van der Waals surface area (Å²) in [5.74, 6) is -0.594. The standard InChI is InChI=1S/C37H45FN6O3/c1-36(2,3)42(6)23-24-10-12-25(13-11-24)26-8-7-9-30(20-26)43-32-31(21-27(38)22-39-32)33(45)44(35(43)47)29-16-14-28(15-17-29)40-34(46)37(18-19-37)41(4)5/h7-13,20-22,28-29H,14-19,23H2,1-6H3,(H,40,46)/t28-,29+. The number of nitrogens with one attached hydrogen (secondary N) is 1. The lowest BCUT2D eigenvalue weighted by Crippen LogP contribution is -2.50. The molecule has 0 saturated heterocycles. The third-order valence-corrected chi connectivity index (χ3v) is 10.2. The number of hydrogen-bond donors (Lipinski definition) is 1. The number of carbonyl (C=O) groups excluding carboxylic acids is 1. The fourth-order valence-corrected chi connectivity index (χ4v) is 6.67. The van der Waals surface area contributed by atoms with Crippen LogP contribution in [-0.2, 0) is 11.3 Å². The van der Waals surface area contributed by atoms with Gasteiger partial charge >= 0.3 is 5.69 Å². The Bertz CT molecular complexity index is 1910. The second kappa shape index (κ2) is 12.5. The monoisotopic (exact) mass is 640 g/mol. The number of benzene rings is 2. The summed E-state index contributed by atoms with van der Waals surface area (Å²) in [5, 5.41) is 3.26. The summed E-state index contributed by atoms with van der Waals surface area (Å²) < 4.78 is 17.2. The molecule has 2 aromatic carbocycles. The molecule has 1 amide bonds. The number of likely N-dealkylation sites (N-methyl/N-ethyl adjacent to an activating group) is 1. The van der Waals surface area contributed by atoms with Crippen molar-refractivity contribution < 1.29 is 9.18 Å². The first kappa shape index (κ1) is 32.8. The summed E-state index contributed by atoms with van der Waals surface area (Å²) in [7, 11) is 5.97. The molecule has 2 aromatic heterocycles. The van der Waals surface area contributed by atoms with Crippen LogP contribution in [0.1, 0.15) is 70.9 Å². The summed E-state index contributed by atoms with van der Waals surface area (Å²) >= 11 is 0. The number of halogens is 1. The van der Waals surface area contributed by atoms with Crippen molar-refractivity contribution in [2.75, 3.05) is 21.1 Å². The Balaban J connectivity index is 1.31. The molecule has 248 valence electrons. The van der Waals surface area contributed by atoms with Crippen LogP contribution in [-0.4, -0.2) is 68.1 Å². The van der Waals surface area contributed by atoms with Gasteiger partial charge in [0.15, 0.2) is 5.65 Å². The van der Waals surface area contributed by atoms with Crippen molar-refractivity contribution >= 4 is 16.9 Å². The maximum Gasteiger partial charge on any atom is 0.337 e. The van der Waals surface area contributed by atoms with Gasteiger partial charge in [0, 0.05) is 24.2 Å². The van der Waals surface area contributed by atoms with Crippen LogP contribution >= 0.6 is 0 Å². The Kier molecular flexibility index (Phi) is 8.69. The van der Waals surface area contributed by atoms with E-state index in [-0.39, 0.29) is 34.6 Å². The first-order valence-electron chi connectivity index (χ1n) is 16.5. The molecule has 6 rings (SSSR count). The number of rotatable bonds is 8. The van der Waals surface area contributed by atoms with E-state index in [0.29, 0.717) is 31.4 Å². The molecular weight excluding hydrogens is 595 g/mol. The van der Waals surface area contributed by atoms with E-state index in [2.05, 4.69) is 67.3 Å². The minimum absolute atomic E-state index is 0.0226. The SMILES string of the molecule is CN(Cc1ccc(-c2cccc(-n3c(=O)n([C@H]4CC[C@@H](NC(=O)C5(N(C)C)CC5)CC4)c(=O)c4cc(F)cnc43)c2)cc1)C(C)(C)C. The molecular formula is C37H45FN6O3. The van der Waals surface area contributed by atoms with E-state index < -0.39 is 22.6 Å². The van der Waals surface area contributed by atoms with Crippen LogP contribution in [0.2, 0.25) is 0 Å². The van der Waals surface area contributed by atoms with Gasteiger partial charge in [-0.05, 0) is 115 Å². The van der Waals surface area contributed by atoms with Crippen molar-refractivity contribution in [2.45, 2.75) is 89.0 Å². The summed E-state index contributed by atoms with van der Waals surface area (Å²) in [6.45, 7) is 7.38. The van der Waals surface area contributed by atoms with E-state index in [1.807, 2.05) is 43.3 Å². The minimum atomic E-state index is -0.640. The van der Waals surface area contributed by atoms with Crippen LogP contribution in [0, 0.1) is 5.82 Å². The zero-order valence-corrected chi connectivity index (χ0v) is 28.2. The Labute approximate surface area is 275 Å². The molecule has 2 aliphatic rings. The number of pyridine rings is 1. The molecule has 10 heteroatoms. The molecule has 0 atom stereocenters. The van der Waals surface area contributed by atoms with Gasteiger partial charge in [-0.2, -0.15) is 0 Å². The lowest BCUT2D eigenvalue weighted by molar-refractivity contribution is -0.128. The molecule has 9 nitrogen and oxygen atoms in total. The first-order valence-corrected chi connectivity index (χ1v) is 16.5. The number of aromatic nitrogens is 3. The number of carbonyl (C=O) groups is 1. The number of hydrogen-bond acceptors (Lipinski definition) is 6. The van der Waals surface area contributed by atoms with Crippen LogP contribution < -0.4 is 16.6 Å². The van der Waals surface area contributed by atoms with Crippen molar-refractivity contribution in [3.8, 4) is 16.8 Å².